The highest BCUT2D eigenvalue weighted by molar-refractivity contribution is 7.07. The third-order valence-corrected chi connectivity index (χ3v) is 4.96. The van der Waals surface area contributed by atoms with Crippen molar-refractivity contribution >= 4 is 17.4 Å². The Labute approximate surface area is 141 Å². The minimum Gasteiger partial charge on any atom is -0.336 e. The molecule has 1 aromatic carbocycles. The lowest BCUT2D eigenvalue weighted by Crippen LogP contribution is -2.41. The molecule has 5 heteroatoms. The van der Waals surface area contributed by atoms with Crippen LogP contribution in [0.2, 0.25) is 0 Å². The third-order valence-electron chi connectivity index (χ3n) is 4.26. The van der Waals surface area contributed by atoms with Crippen molar-refractivity contribution in [2.24, 2.45) is 0 Å². The predicted molar refractivity (Wildman–Crippen MR) is 94.5 cm³/mol. The minimum atomic E-state index is -0.103. The van der Waals surface area contributed by atoms with Crippen LogP contribution in [0.5, 0.6) is 0 Å². The number of rotatable bonds is 6. The summed E-state index contributed by atoms with van der Waals surface area (Å²) in [5.41, 5.74) is 2.41. The van der Waals surface area contributed by atoms with Crippen LogP contribution in [-0.4, -0.2) is 30.6 Å². The minimum absolute atomic E-state index is 0.103. The number of hydrogen-bond acceptors (Lipinski definition) is 3. The van der Waals surface area contributed by atoms with Gasteiger partial charge >= 0.3 is 6.03 Å². The standard InChI is InChI=1S/C18H23N3OS/c22-18(19-12-15-6-2-1-3-7-15)20-13-17(16-8-11-23-14-16)21-9-4-5-10-21/h1-3,6-8,11,14,17H,4-5,9-10,12-13H2,(H2,19,20,22). The van der Waals surface area contributed by atoms with Crippen LogP contribution in [0.15, 0.2) is 47.2 Å². The summed E-state index contributed by atoms with van der Waals surface area (Å²) >= 11 is 1.71. The molecule has 0 aliphatic carbocycles. The molecule has 2 N–H and O–H groups in total. The average molecular weight is 329 g/mol. The molecule has 0 radical (unpaired) electrons. The molecule has 1 saturated heterocycles. The van der Waals surface area contributed by atoms with E-state index < -0.39 is 0 Å². The van der Waals surface area contributed by atoms with Crippen molar-refractivity contribution in [2.75, 3.05) is 19.6 Å². The molecule has 0 bridgehead atoms. The molecular weight excluding hydrogens is 306 g/mol. The van der Waals surface area contributed by atoms with E-state index in [0.717, 1.165) is 18.7 Å². The molecule has 1 fully saturated rings. The van der Waals surface area contributed by atoms with Gasteiger partial charge in [0.05, 0.1) is 6.04 Å². The third kappa shape index (κ3) is 4.56. The normalized spacial score (nSPS) is 16.2. The lowest BCUT2D eigenvalue weighted by Gasteiger charge is -2.27. The summed E-state index contributed by atoms with van der Waals surface area (Å²) in [5, 5.41) is 10.2. The van der Waals surface area contributed by atoms with Gasteiger partial charge in [0.25, 0.3) is 0 Å². The van der Waals surface area contributed by atoms with Gasteiger partial charge in [-0.2, -0.15) is 11.3 Å². The van der Waals surface area contributed by atoms with E-state index in [9.17, 15) is 4.79 Å². The number of amides is 2. The number of likely N-dealkylation sites (tertiary alicyclic amines) is 1. The fourth-order valence-electron chi connectivity index (χ4n) is 3.01. The maximum atomic E-state index is 12.1. The Morgan fingerprint density at radius 1 is 1.13 bits per heavy atom. The van der Waals surface area contributed by atoms with Gasteiger partial charge in [-0.3, -0.25) is 4.90 Å². The molecule has 1 aliphatic rings. The zero-order valence-corrected chi connectivity index (χ0v) is 14.0. The first-order valence-electron chi connectivity index (χ1n) is 8.15. The van der Waals surface area contributed by atoms with E-state index in [1.54, 1.807) is 11.3 Å². The molecule has 1 aliphatic heterocycles. The van der Waals surface area contributed by atoms with Crippen molar-refractivity contribution in [3.63, 3.8) is 0 Å². The fraction of sp³-hybridized carbons (Fsp3) is 0.389. The molecule has 2 aromatic rings. The van der Waals surface area contributed by atoms with Crippen molar-refractivity contribution in [2.45, 2.75) is 25.4 Å². The predicted octanol–water partition coefficient (Wildman–Crippen LogP) is 3.38. The number of hydrogen-bond donors (Lipinski definition) is 2. The molecule has 0 saturated carbocycles. The van der Waals surface area contributed by atoms with Crippen LogP contribution in [-0.2, 0) is 6.54 Å². The number of urea groups is 1. The number of nitrogens with zero attached hydrogens (tertiary/aromatic N) is 1. The van der Waals surface area contributed by atoms with E-state index in [1.807, 2.05) is 30.3 Å². The average Bonchev–Trinajstić information content (AvgIpc) is 3.28. The van der Waals surface area contributed by atoms with Crippen LogP contribution < -0.4 is 10.6 Å². The molecule has 3 rings (SSSR count). The Bertz CT molecular complexity index is 594. The fourth-order valence-corrected chi connectivity index (χ4v) is 3.71. The Morgan fingerprint density at radius 2 is 1.91 bits per heavy atom. The van der Waals surface area contributed by atoms with Crippen LogP contribution in [0.3, 0.4) is 0 Å². The Hall–Kier alpha value is -1.85. The molecular formula is C18H23N3OS. The van der Waals surface area contributed by atoms with Crippen LogP contribution in [0.25, 0.3) is 0 Å². The monoisotopic (exact) mass is 329 g/mol. The van der Waals surface area contributed by atoms with Crippen molar-refractivity contribution in [1.82, 2.24) is 15.5 Å². The maximum Gasteiger partial charge on any atom is 0.315 e. The van der Waals surface area contributed by atoms with Crippen molar-refractivity contribution in [3.8, 4) is 0 Å². The molecule has 1 atom stereocenters. The van der Waals surface area contributed by atoms with Crippen molar-refractivity contribution in [3.05, 3.63) is 58.3 Å². The zero-order chi connectivity index (χ0) is 15.9. The van der Waals surface area contributed by atoms with Gasteiger partial charge in [0.2, 0.25) is 0 Å². The number of benzene rings is 1. The Balaban J connectivity index is 1.51. The second kappa shape index (κ2) is 8.13. The smallest absolute Gasteiger partial charge is 0.315 e. The van der Waals surface area contributed by atoms with E-state index in [-0.39, 0.29) is 12.1 Å². The number of carbonyl (C=O) groups excluding carboxylic acids is 1. The summed E-state index contributed by atoms with van der Waals surface area (Å²) in [4.78, 5) is 14.5. The molecule has 4 nitrogen and oxygen atoms in total. The Morgan fingerprint density at radius 3 is 2.61 bits per heavy atom. The highest BCUT2D eigenvalue weighted by atomic mass is 32.1. The summed E-state index contributed by atoms with van der Waals surface area (Å²) in [7, 11) is 0. The van der Waals surface area contributed by atoms with Crippen LogP contribution in [0, 0.1) is 0 Å². The first-order chi connectivity index (χ1) is 11.3. The second-order valence-electron chi connectivity index (χ2n) is 5.86. The quantitative estimate of drug-likeness (QED) is 0.853. The van der Waals surface area contributed by atoms with Gasteiger partial charge in [-0.1, -0.05) is 30.3 Å². The van der Waals surface area contributed by atoms with E-state index in [4.69, 9.17) is 0 Å². The van der Waals surface area contributed by atoms with Crippen LogP contribution in [0.4, 0.5) is 4.79 Å². The molecule has 2 heterocycles. The zero-order valence-electron chi connectivity index (χ0n) is 13.2. The summed E-state index contributed by atoms with van der Waals surface area (Å²) in [6.07, 6.45) is 2.50. The Kier molecular flexibility index (Phi) is 5.66. The first-order valence-corrected chi connectivity index (χ1v) is 9.09. The highest BCUT2D eigenvalue weighted by Crippen LogP contribution is 2.26. The van der Waals surface area contributed by atoms with E-state index in [2.05, 4.69) is 32.4 Å². The van der Waals surface area contributed by atoms with Crippen molar-refractivity contribution < 1.29 is 4.79 Å². The first kappa shape index (κ1) is 16.0. The SMILES string of the molecule is O=C(NCc1ccccc1)NCC(c1ccsc1)N1CCCC1. The lowest BCUT2D eigenvalue weighted by molar-refractivity contribution is 0.221. The summed E-state index contributed by atoms with van der Waals surface area (Å²) in [5.74, 6) is 0. The van der Waals surface area contributed by atoms with Gasteiger partial charge < -0.3 is 10.6 Å². The van der Waals surface area contributed by atoms with E-state index >= 15 is 0 Å². The number of nitrogens with one attached hydrogen (secondary N) is 2. The lowest BCUT2D eigenvalue weighted by atomic mass is 10.1. The number of carbonyl (C=O) groups is 1. The molecule has 122 valence electrons. The summed E-state index contributed by atoms with van der Waals surface area (Å²) < 4.78 is 0. The van der Waals surface area contributed by atoms with Crippen molar-refractivity contribution in [1.29, 1.82) is 0 Å². The van der Waals surface area contributed by atoms with E-state index in [0.29, 0.717) is 13.1 Å². The molecule has 2 amide bonds. The summed E-state index contributed by atoms with van der Waals surface area (Å²) in [6, 6.07) is 12.3. The second-order valence-corrected chi connectivity index (χ2v) is 6.64. The van der Waals surface area contributed by atoms with Gasteiger partial charge in [-0.25, -0.2) is 4.79 Å². The molecule has 1 unspecified atom stereocenters. The van der Waals surface area contributed by atoms with Gasteiger partial charge in [-0.15, -0.1) is 0 Å². The van der Waals surface area contributed by atoms with Gasteiger partial charge in [0.15, 0.2) is 0 Å². The van der Waals surface area contributed by atoms with Gasteiger partial charge in [0.1, 0.15) is 0 Å². The molecule has 23 heavy (non-hydrogen) atoms. The van der Waals surface area contributed by atoms with Gasteiger partial charge in [-0.05, 0) is 53.9 Å². The largest absolute Gasteiger partial charge is 0.336 e. The summed E-state index contributed by atoms with van der Waals surface area (Å²) in [6.45, 7) is 3.44. The maximum absolute atomic E-state index is 12.1. The van der Waals surface area contributed by atoms with Crippen LogP contribution in [0.1, 0.15) is 30.0 Å². The molecule has 0 spiro atoms. The molecule has 1 aromatic heterocycles. The number of thiophene rings is 1. The van der Waals surface area contributed by atoms with Gasteiger partial charge in [0, 0.05) is 13.1 Å². The topological polar surface area (TPSA) is 44.4 Å². The van der Waals surface area contributed by atoms with E-state index in [1.165, 1.54) is 18.4 Å². The van der Waals surface area contributed by atoms with Crippen LogP contribution >= 0.6 is 11.3 Å². The highest BCUT2D eigenvalue weighted by Gasteiger charge is 2.24.